The number of aliphatic hydroxyl groups is 1. The van der Waals surface area contributed by atoms with Crippen LogP contribution in [-0.2, 0) is 4.74 Å². The molecule has 1 heterocycles. The lowest BCUT2D eigenvalue weighted by molar-refractivity contribution is -0.0389. The van der Waals surface area contributed by atoms with Gasteiger partial charge in [-0.1, -0.05) is 39.0 Å². The largest absolute Gasteiger partial charge is 0.393 e. The van der Waals surface area contributed by atoms with Crippen molar-refractivity contribution in [1.29, 1.82) is 0 Å². The fourth-order valence-corrected chi connectivity index (χ4v) is 2.07. The van der Waals surface area contributed by atoms with Gasteiger partial charge in [-0.2, -0.15) is 0 Å². The van der Waals surface area contributed by atoms with Gasteiger partial charge in [-0.3, -0.25) is 0 Å². The number of hydrogen-bond acceptors (Lipinski definition) is 2. The van der Waals surface area contributed by atoms with E-state index in [0.29, 0.717) is 5.92 Å². The summed E-state index contributed by atoms with van der Waals surface area (Å²) in [5.74, 6) is 0.408. The normalized spacial score (nSPS) is 27.9. The first-order valence-corrected chi connectivity index (χ1v) is 6.10. The van der Waals surface area contributed by atoms with Gasteiger partial charge in [0, 0.05) is 12.5 Å². The molecule has 0 amide bonds. The van der Waals surface area contributed by atoms with E-state index in [2.05, 4.69) is 6.92 Å². The molecule has 2 nitrogen and oxygen atoms in total. The average molecular weight is 200 g/mol. The number of ether oxygens (including phenoxy) is 1. The van der Waals surface area contributed by atoms with Crippen LogP contribution in [0, 0.1) is 5.92 Å². The lowest BCUT2D eigenvalue weighted by Gasteiger charge is -2.27. The number of aliphatic hydroxyl groups excluding tert-OH is 1. The van der Waals surface area contributed by atoms with E-state index in [0.717, 1.165) is 26.1 Å². The second-order valence-corrected chi connectivity index (χ2v) is 4.39. The molecule has 0 bridgehead atoms. The molecule has 0 aliphatic carbocycles. The SMILES string of the molecule is CCCCCCCC1COCCC1O. The van der Waals surface area contributed by atoms with Gasteiger partial charge in [-0.05, 0) is 12.8 Å². The summed E-state index contributed by atoms with van der Waals surface area (Å²) >= 11 is 0. The summed E-state index contributed by atoms with van der Waals surface area (Å²) in [6, 6.07) is 0. The monoisotopic (exact) mass is 200 g/mol. The predicted octanol–water partition coefficient (Wildman–Crippen LogP) is 2.74. The summed E-state index contributed by atoms with van der Waals surface area (Å²) in [4.78, 5) is 0. The van der Waals surface area contributed by atoms with E-state index in [1.165, 1.54) is 32.1 Å². The quantitative estimate of drug-likeness (QED) is 0.668. The summed E-state index contributed by atoms with van der Waals surface area (Å²) in [7, 11) is 0. The van der Waals surface area contributed by atoms with Gasteiger partial charge in [0.15, 0.2) is 0 Å². The Morgan fingerprint density at radius 1 is 1.21 bits per heavy atom. The van der Waals surface area contributed by atoms with Crippen LogP contribution in [0.4, 0.5) is 0 Å². The minimum atomic E-state index is -0.102. The lowest BCUT2D eigenvalue weighted by Crippen LogP contribution is -2.31. The van der Waals surface area contributed by atoms with Crippen molar-refractivity contribution in [3.63, 3.8) is 0 Å². The van der Waals surface area contributed by atoms with Gasteiger partial charge in [0.05, 0.1) is 12.7 Å². The van der Waals surface area contributed by atoms with Crippen molar-refractivity contribution in [3.05, 3.63) is 0 Å². The summed E-state index contributed by atoms with van der Waals surface area (Å²) < 4.78 is 5.37. The van der Waals surface area contributed by atoms with Gasteiger partial charge in [0.1, 0.15) is 0 Å². The number of rotatable bonds is 6. The fourth-order valence-electron chi connectivity index (χ4n) is 2.07. The first kappa shape index (κ1) is 12.0. The van der Waals surface area contributed by atoms with E-state index in [-0.39, 0.29) is 6.10 Å². The molecule has 1 saturated heterocycles. The molecule has 14 heavy (non-hydrogen) atoms. The zero-order chi connectivity index (χ0) is 10.2. The van der Waals surface area contributed by atoms with Crippen LogP contribution >= 0.6 is 0 Å². The second-order valence-electron chi connectivity index (χ2n) is 4.39. The summed E-state index contributed by atoms with van der Waals surface area (Å²) in [5, 5.41) is 9.69. The van der Waals surface area contributed by atoms with Crippen molar-refractivity contribution in [2.24, 2.45) is 5.92 Å². The van der Waals surface area contributed by atoms with Crippen LogP contribution in [-0.4, -0.2) is 24.4 Å². The molecule has 84 valence electrons. The highest BCUT2D eigenvalue weighted by atomic mass is 16.5. The molecular formula is C12H24O2. The molecule has 1 N–H and O–H groups in total. The van der Waals surface area contributed by atoms with Crippen molar-refractivity contribution in [1.82, 2.24) is 0 Å². The molecule has 1 aliphatic rings. The van der Waals surface area contributed by atoms with E-state index in [1.807, 2.05) is 0 Å². The van der Waals surface area contributed by atoms with Gasteiger partial charge in [0.25, 0.3) is 0 Å². The Hall–Kier alpha value is -0.0800. The second kappa shape index (κ2) is 7.24. The van der Waals surface area contributed by atoms with E-state index in [4.69, 9.17) is 4.74 Å². The minimum Gasteiger partial charge on any atom is -0.393 e. The fraction of sp³-hybridized carbons (Fsp3) is 1.00. The highest BCUT2D eigenvalue weighted by molar-refractivity contribution is 4.72. The molecule has 2 heteroatoms. The van der Waals surface area contributed by atoms with Crippen LogP contribution in [0.2, 0.25) is 0 Å². The Labute approximate surface area is 87.7 Å². The summed E-state index contributed by atoms with van der Waals surface area (Å²) in [6.07, 6.45) is 8.45. The maximum absolute atomic E-state index is 9.69. The number of hydrogen-bond donors (Lipinski definition) is 1. The van der Waals surface area contributed by atoms with E-state index >= 15 is 0 Å². The first-order chi connectivity index (χ1) is 6.84. The Kier molecular flexibility index (Phi) is 6.20. The molecule has 0 radical (unpaired) electrons. The van der Waals surface area contributed by atoms with Crippen molar-refractivity contribution >= 4 is 0 Å². The van der Waals surface area contributed by atoms with Crippen LogP contribution in [0.25, 0.3) is 0 Å². The van der Waals surface area contributed by atoms with Crippen LogP contribution < -0.4 is 0 Å². The van der Waals surface area contributed by atoms with Crippen LogP contribution in [0.15, 0.2) is 0 Å². The summed E-state index contributed by atoms with van der Waals surface area (Å²) in [6.45, 7) is 3.75. The predicted molar refractivity (Wildman–Crippen MR) is 58.3 cm³/mol. The molecular weight excluding hydrogens is 176 g/mol. The topological polar surface area (TPSA) is 29.5 Å². The number of unbranched alkanes of at least 4 members (excludes halogenated alkanes) is 4. The van der Waals surface area contributed by atoms with E-state index in [9.17, 15) is 5.11 Å². The molecule has 1 aliphatic heterocycles. The highest BCUT2D eigenvalue weighted by Gasteiger charge is 2.22. The molecule has 0 saturated carbocycles. The van der Waals surface area contributed by atoms with Gasteiger partial charge in [0.2, 0.25) is 0 Å². The van der Waals surface area contributed by atoms with Crippen molar-refractivity contribution in [2.75, 3.05) is 13.2 Å². The van der Waals surface area contributed by atoms with Gasteiger partial charge in [-0.25, -0.2) is 0 Å². The Bertz CT molecular complexity index is 136. The molecule has 0 aromatic heterocycles. The van der Waals surface area contributed by atoms with Crippen LogP contribution in [0.1, 0.15) is 51.9 Å². The molecule has 2 atom stereocenters. The first-order valence-electron chi connectivity index (χ1n) is 6.10. The zero-order valence-corrected chi connectivity index (χ0v) is 9.37. The zero-order valence-electron chi connectivity index (χ0n) is 9.37. The average Bonchev–Trinajstić information content (AvgIpc) is 2.20. The van der Waals surface area contributed by atoms with E-state index in [1.54, 1.807) is 0 Å². The molecule has 0 aromatic carbocycles. The van der Waals surface area contributed by atoms with E-state index < -0.39 is 0 Å². The maximum atomic E-state index is 9.69. The Balaban J connectivity index is 1.99. The molecule has 1 fully saturated rings. The Morgan fingerprint density at radius 2 is 2.00 bits per heavy atom. The minimum absolute atomic E-state index is 0.102. The van der Waals surface area contributed by atoms with Crippen molar-refractivity contribution in [3.8, 4) is 0 Å². The smallest absolute Gasteiger partial charge is 0.0612 e. The maximum Gasteiger partial charge on any atom is 0.0612 e. The third kappa shape index (κ3) is 4.43. The van der Waals surface area contributed by atoms with Crippen LogP contribution in [0.5, 0.6) is 0 Å². The molecule has 1 rings (SSSR count). The third-order valence-corrected chi connectivity index (χ3v) is 3.11. The van der Waals surface area contributed by atoms with Gasteiger partial charge >= 0.3 is 0 Å². The van der Waals surface area contributed by atoms with Crippen molar-refractivity contribution < 1.29 is 9.84 Å². The summed E-state index contributed by atoms with van der Waals surface area (Å²) in [5.41, 5.74) is 0. The van der Waals surface area contributed by atoms with Crippen molar-refractivity contribution in [2.45, 2.75) is 58.0 Å². The van der Waals surface area contributed by atoms with Gasteiger partial charge < -0.3 is 9.84 Å². The lowest BCUT2D eigenvalue weighted by atomic mass is 9.92. The molecule has 0 spiro atoms. The highest BCUT2D eigenvalue weighted by Crippen LogP contribution is 2.21. The Morgan fingerprint density at radius 3 is 2.71 bits per heavy atom. The molecule has 2 unspecified atom stereocenters. The third-order valence-electron chi connectivity index (χ3n) is 3.11. The van der Waals surface area contributed by atoms with Gasteiger partial charge in [-0.15, -0.1) is 0 Å². The standard InChI is InChI=1S/C12H24O2/c1-2-3-4-5-6-7-11-10-14-9-8-12(11)13/h11-13H,2-10H2,1H3. The van der Waals surface area contributed by atoms with Crippen LogP contribution in [0.3, 0.4) is 0 Å². The molecule has 0 aromatic rings.